The minimum absolute atomic E-state index is 0.258. The summed E-state index contributed by atoms with van der Waals surface area (Å²) in [6.45, 7) is 1.88. The monoisotopic (exact) mass is 124 g/mol. The molecule has 0 amide bonds. The number of hydrogen-bond donors (Lipinski definition) is 0. The molecular weight excluding hydrogens is 116 g/mol. The van der Waals surface area contributed by atoms with Crippen LogP contribution in [0.25, 0.3) is 0 Å². The zero-order chi connectivity index (χ0) is 6.85. The average molecular weight is 124 g/mol. The van der Waals surface area contributed by atoms with E-state index < -0.39 is 0 Å². The molecule has 1 aliphatic carbocycles. The molecule has 0 radical (unpaired) electrons. The van der Waals surface area contributed by atoms with Crippen LogP contribution in [-0.4, -0.2) is 11.6 Å². The molecule has 0 saturated carbocycles. The van der Waals surface area contributed by atoms with Crippen molar-refractivity contribution in [1.82, 2.24) is 0 Å². The van der Waals surface area contributed by atoms with Crippen LogP contribution in [0.4, 0.5) is 0 Å². The van der Waals surface area contributed by atoms with Gasteiger partial charge < -0.3 is 0 Å². The summed E-state index contributed by atoms with van der Waals surface area (Å²) in [5.41, 5.74) is 0.681. The summed E-state index contributed by atoms with van der Waals surface area (Å²) in [6.07, 6.45) is 2.72. The molecule has 0 aromatic rings. The molecule has 2 nitrogen and oxygen atoms in total. The molecule has 1 aliphatic rings. The summed E-state index contributed by atoms with van der Waals surface area (Å²) in [6, 6.07) is 0. The molecule has 0 unspecified atom stereocenters. The molecule has 0 fully saturated rings. The molecule has 0 aromatic heterocycles. The van der Waals surface area contributed by atoms with E-state index >= 15 is 0 Å². The Morgan fingerprint density at radius 1 is 1.56 bits per heavy atom. The van der Waals surface area contributed by atoms with E-state index in [1.54, 1.807) is 6.08 Å². The molecule has 0 saturated heterocycles. The average Bonchev–Trinajstić information content (AvgIpc) is 2.15. The van der Waals surface area contributed by atoms with E-state index in [0.717, 1.165) is 0 Å². The molecule has 2 heteroatoms. The summed E-state index contributed by atoms with van der Waals surface area (Å²) in [5, 5.41) is 0. The summed E-state index contributed by atoms with van der Waals surface area (Å²) < 4.78 is 0. The molecule has 1 rings (SSSR count). The Bertz CT molecular complexity index is 189. The smallest absolute Gasteiger partial charge is 0.224 e. The summed E-state index contributed by atoms with van der Waals surface area (Å²) in [7, 11) is 0. The molecular formula is C7H8O2. The largest absolute Gasteiger partial charge is 0.290 e. The molecule has 0 heterocycles. The second-order valence-electron chi connectivity index (χ2n) is 2.04. The van der Waals surface area contributed by atoms with Crippen molar-refractivity contribution in [2.24, 2.45) is 0 Å². The third-order valence-electron chi connectivity index (χ3n) is 1.46. The molecule has 0 aliphatic heterocycles. The lowest BCUT2D eigenvalue weighted by Gasteiger charge is -1.88. The van der Waals surface area contributed by atoms with Gasteiger partial charge in [0, 0.05) is 6.42 Å². The van der Waals surface area contributed by atoms with E-state index in [-0.39, 0.29) is 11.6 Å². The summed E-state index contributed by atoms with van der Waals surface area (Å²) in [5.74, 6) is -0.538. The van der Waals surface area contributed by atoms with E-state index in [1.165, 1.54) is 0 Å². The Labute approximate surface area is 53.6 Å². The Kier molecular flexibility index (Phi) is 1.47. The van der Waals surface area contributed by atoms with Crippen molar-refractivity contribution in [1.29, 1.82) is 0 Å². The fourth-order valence-corrected chi connectivity index (χ4v) is 0.885. The van der Waals surface area contributed by atoms with Crippen LogP contribution in [0.2, 0.25) is 0 Å². The van der Waals surface area contributed by atoms with Crippen LogP contribution in [0.1, 0.15) is 19.8 Å². The zero-order valence-corrected chi connectivity index (χ0v) is 5.31. The number of Topliss-reactive ketones (excluding diaryl/α,β-unsaturated/α-hetero) is 2. The number of hydrogen-bond acceptors (Lipinski definition) is 2. The highest BCUT2D eigenvalue weighted by Crippen LogP contribution is 2.12. The van der Waals surface area contributed by atoms with Gasteiger partial charge in [0.25, 0.3) is 0 Å². The van der Waals surface area contributed by atoms with Crippen molar-refractivity contribution in [2.75, 3.05) is 0 Å². The first-order valence-corrected chi connectivity index (χ1v) is 3.02. The lowest BCUT2D eigenvalue weighted by atomic mass is 10.2. The van der Waals surface area contributed by atoms with Gasteiger partial charge in [-0.25, -0.2) is 0 Å². The fraction of sp³-hybridized carbons (Fsp3) is 0.429. The van der Waals surface area contributed by atoms with Crippen LogP contribution in [0.15, 0.2) is 11.6 Å². The molecule has 0 bridgehead atoms. The predicted octanol–water partition coefficient (Wildman–Crippen LogP) is 0.865. The topological polar surface area (TPSA) is 34.1 Å². The third kappa shape index (κ3) is 0.922. The van der Waals surface area contributed by atoms with Gasteiger partial charge in [0.1, 0.15) is 0 Å². The molecule has 0 atom stereocenters. The maximum atomic E-state index is 10.7. The van der Waals surface area contributed by atoms with Crippen molar-refractivity contribution >= 4 is 11.6 Å². The van der Waals surface area contributed by atoms with Crippen LogP contribution >= 0.6 is 0 Å². The van der Waals surface area contributed by atoms with Crippen LogP contribution in [0, 0.1) is 0 Å². The van der Waals surface area contributed by atoms with Gasteiger partial charge >= 0.3 is 0 Å². The van der Waals surface area contributed by atoms with Crippen LogP contribution in [0.3, 0.4) is 0 Å². The molecule has 0 spiro atoms. The molecule has 48 valence electrons. The zero-order valence-electron chi connectivity index (χ0n) is 5.31. The first kappa shape index (κ1) is 6.20. The Hall–Kier alpha value is -0.920. The summed E-state index contributed by atoms with van der Waals surface area (Å²) >= 11 is 0. The SMILES string of the molecule is CCC1=CCC(=O)C1=O. The first-order valence-electron chi connectivity index (χ1n) is 3.02. The highest BCUT2D eigenvalue weighted by molar-refractivity contribution is 6.46. The van der Waals surface area contributed by atoms with E-state index in [2.05, 4.69) is 0 Å². The highest BCUT2D eigenvalue weighted by Gasteiger charge is 2.21. The van der Waals surface area contributed by atoms with Crippen molar-refractivity contribution in [3.05, 3.63) is 11.6 Å². The summed E-state index contributed by atoms with van der Waals surface area (Å²) in [4.78, 5) is 21.3. The molecule has 0 aromatic carbocycles. The van der Waals surface area contributed by atoms with Crippen molar-refractivity contribution in [3.63, 3.8) is 0 Å². The lowest BCUT2D eigenvalue weighted by molar-refractivity contribution is -0.133. The number of ketones is 2. The third-order valence-corrected chi connectivity index (χ3v) is 1.46. The van der Waals surface area contributed by atoms with Crippen molar-refractivity contribution < 1.29 is 9.59 Å². The first-order chi connectivity index (χ1) is 4.25. The van der Waals surface area contributed by atoms with Crippen molar-refractivity contribution in [2.45, 2.75) is 19.8 Å². The normalized spacial score (nSPS) is 18.6. The van der Waals surface area contributed by atoms with Crippen LogP contribution < -0.4 is 0 Å². The quantitative estimate of drug-likeness (QED) is 0.486. The van der Waals surface area contributed by atoms with E-state index in [1.807, 2.05) is 6.92 Å². The fourth-order valence-electron chi connectivity index (χ4n) is 0.885. The maximum absolute atomic E-state index is 10.7. The lowest BCUT2D eigenvalue weighted by Crippen LogP contribution is -2.07. The van der Waals surface area contributed by atoms with Gasteiger partial charge in [-0.3, -0.25) is 9.59 Å². The number of rotatable bonds is 1. The standard InChI is InChI=1S/C7H8O2/c1-2-5-3-4-6(8)7(5)9/h3H,2,4H2,1H3. The predicted molar refractivity (Wildman–Crippen MR) is 33.0 cm³/mol. The minimum atomic E-state index is -0.280. The van der Waals surface area contributed by atoms with Gasteiger partial charge in [-0.15, -0.1) is 0 Å². The van der Waals surface area contributed by atoms with Gasteiger partial charge in [0.2, 0.25) is 11.6 Å². The number of carbonyl (C=O) groups is 2. The van der Waals surface area contributed by atoms with Gasteiger partial charge in [0.15, 0.2) is 0 Å². The van der Waals surface area contributed by atoms with Crippen LogP contribution in [-0.2, 0) is 9.59 Å². The van der Waals surface area contributed by atoms with Gasteiger partial charge in [-0.1, -0.05) is 13.0 Å². The Morgan fingerprint density at radius 3 is 2.44 bits per heavy atom. The van der Waals surface area contributed by atoms with Gasteiger partial charge in [-0.05, 0) is 12.0 Å². The highest BCUT2D eigenvalue weighted by atomic mass is 16.2. The van der Waals surface area contributed by atoms with Crippen molar-refractivity contribution in [3.8, 4) is 0 Å². The maximum Gasteiger partial charge on any atom is 0.224 e. The van der Waals surface area contributed by atoms with Crippen LogP contribution in [0.5, 0.6) is 0 Å². The number of allylic oxidation sites excluding steroid dienone is 2. The molecule has 0 N–H and O–H groups in total. The van der Waals surface area contributed by atoms with E-state index in [4.69, 9.17) is 0 Å². The van der Waals surface area contributed by atoms with Gasteiger partial charge in [-0.2, -0.15) is 0 Å². The minimum Gasteiger partial charge on any atom is -0.290 e. The molecule has 9 heavy (non-hydrogen) atoms. The van der Waals surface area contributed by atoms with E-state index in [9.17, 15) is 9.59 Å². The Balaban J connectivity index is 2.78. The number of carbonyl (C=O) groups excluding carboxylic acids is 2. The van der Waals surface area contributed by atoms with Gasteiger partial charge in [0.05, 0.1) is 0 Å². The second-order valence-corrected chi connectivity index (χ2v) is 2.04. The van der Waals surface area contributed by atoms with E-state index in [0.29, 0.717) is 18.4 Å². The second kappa shape index (κ2) is 2.13. The Morgan fingerprint density at radius 2 is 2.22 bits per heavy atom.